The van der Waals surface area contributed by atoms with Gasteiger partial charge in [0.05, 0.1) is 13.8 Å². The summed E-state index contributed by atoms with van der Waals surface area (Å²) in [6.45, 7) is 16.7. The quantitative estimate of drug-likeness (QED) is 0.0882. The second kappa shape index (κ2) is 11.6. The van der Waals surface area contributed by atoms with E-state index in [9.17, 15) is 4.79 Å². The smallest absolute Gasteiger partial charge is 0.155 e. The molecule has 0 amide bonds. The van der Waals surface area contributed by atoms with Gasteiger partial charge in [-0.3, -0.25) is 9.78 Å². The molecule has 2 heterocycles. The van der Waals surface area contributed by atoms with E-state index >= 15 is 0 Å². The second-order valence-electron chi connectivity index (χ2n) is 11.9. The summed E-state index contributed by atoms with van der Waals surface area (Å²) >= 11 is 0. The number of benzene rings is 3. The number of allylic oxidation sites excluding steroid dienone is 2. The molecule has 5 rings (SSSR count). The topological polar surface area (TPSA) is 63.3 Å². The molecule has 205 valence electrons. The van der Waals surface area contributed by atoms with E-state index in [1.165, 1.54) is 36.1 Å². The number of hydrogen-bond donors (Lipinski definition) is 1. The minimum absolute atomic E-state index is 0. The van der Waals surface area contributed by atoms with Crippen LogP contribution in [-0.2, 0) is 30.3 Å². The number of aliphatic hydroxyl groups is 1. The van der Waals surface area contributed by atoms with E-state index in [2.05, 4.69) is 95.0 Å². The van der Waals surface area contributed by atoms with Gasteiger partial charge in [0.2, 0.25) is 0 Å². The van der Waals surface area contributed by atoms with Crippen molar-refractivity contribution in [3.8, 4) is 11.3 Å². The van der Waals surface area contributed by atoms with Crippen LogP contribution in [0.4, 0.5) is 0 Å². The maximum Gasteiger partial charge on any atom is 0.155 e. The Hall–Kier alpha value is -3.05. The maximum absolute atomic E-state index is 10.0. The number of rotatable bonds is 3. The number of hydrogen-bond acceptors (Lipinski definition) is 4. The summed E-state index contributed by atoms with van der Waals surface area (Å²) in [5.74, 6) is -0.0625. The Morgan fingerprint density at radius 3 is 2.26 bits per heavy atom. The van der Waals surface area contributed by atoms with Crippen molar-refractivity contribution in [2.24, 2.45) is 0 Å². The van der Waals surface area contributed by atoms with Crippen LogP contribution < -0.4 is 5.19 Å². The molecule has 0 aliphatic heterocycles. The van der Waals surface area contributed by atoms with Crippen molar-refractivity contribution in [2.45, 2.75) is 59.7 Å². The molecular formula is C33H36IrNO3Si-. The molecule has 2 aromatic heterocycles. The molecule has 0 aliphatic carbocycles. The van der Waals surface area contributed by atoms with Gasteiger partial charge in [-0.1, -0.05) is 86.9 Å². The third-order valence-electron chi connectivity index (χ3n) is 6.50. The van der Waals surface area contributed by atoms with Gasteiger partial charge in [0.15, 0.2) is 5.78 Å². The van der Waals surface area contributed by atoms with Crippen molar-refractivity contribution in [2.75, 3.05) is 0 Å². The van der Waals surface area contributed by atoms with Crippen molar-refractivity contribution in [3.05, 3.63) is 84.3 Å². The summed E-state index contributed by atoms with van der Waals surface area (Å²) in [6.07, 6.45) is 3.01. The molecule has 39 heavy (non-hydrogen) atoms. The number of furan rings is 1. The molecule has 0 saturated heterocycles. The van der Waals surface area contributed by atoms with Gasteiger partial charge in [-0.2, -0.15) is 0 Å². The van der Waals surface area contributed by atoms with Crippen LogP contribution in [0.1, 0.15) is 40.2 Å². The van der Waals surface area contributed by atoms with Gasteiger partial charge in [-0.15, -0.1) is 29.1 Å². The van der Waals surface area contributed by atoms with Crippen molar-refractivity contribution in [1.82, 2.24) is 4.98 Å². The minimum Gasteiger partial charge on any atom is -0.512 e. The first-order chi connectivity index (χ1) is 17.8. The Bertz CT molecular complexity index is 1680. The van der Waals surface area contributed by atoms with Gasteiger partial charge in [-0.25, -0.2) is 0 Å². The van der Waals surface area contributed by atoms with E-state index in [1.807, 2.05) is 12.3 Å². The third kappa shape index (κ3) is 6.75. The Labute approximate surface area is 245 Å². The summed E-state index contributed by atoms with van der Waals surface area (Å²) in [5.41, 5.74) is 5.11. The molecule has 0 fully saturated rings. The summed E-state index contributed by atoms with van der Waals surface area (Å²) in [6, 6.07) is 23.1. The Kier molecular flexibility index (Phi) is 9.06. The number of aliphatic hydroxyl groups excluding tert-OH is 1. The fourth-order valence-corrected chi connectivity index (χ4v) is 5.81. The van der Waals surface area contributed by atoms with Crippen LogP contribution in [0.2, 0.25) is 19.6 Å². The van der Waals surface area contributed by atoms with E-state index < -0.39 is 8.07 Å². The monoisotopic (exact) mass is 715 g/mol. The molecule has 4 nitrogen and oxygen atoms in total. The third-order valence-corrected chi connectivity index (χ3v) is 8.54. The van der Waals surface area contributed by atoms with Gasteiger partial charge in [0.1, 0.15) is 11.2 Å². The Balaban J connectivity index is 0.000000468. The minimum atomic E-state index is -1.42. The number of nitrogens with zero attached hydrogens (tertiary/aromatic N) is 1. The number of aromatic nitrogens is 1. The van der Waals surface area contributed by atoms with Crippen LogP contribution in [0, 0.1) is 6.07 Å². The number of ketones is 1. The van der Waals surface area contributed by atoms with Crippen molar-refractivity contribution in [3.63, 3.8) is 0 Å². The van der Waals surface area contributed by atoms with Crippen LogP contribution in [0.3, 0.4) is 0 Å². The molecule has 0 spiro atoms. The standard InChI is InChI=1S/C28H28NOSi.C5H8O2.Ir/c1-28(2,3)23-16-19(15-18-9-7-8-10-21(18)23)27-26-22-12-11-20(31(4,5)6)17-25(22)30-24(26)13-14-29-27;1-4(6)3-5(2)7;/h7-14,16-17H,1-6H3;3,6H,1-2H3;/q-1;;/b;4-3-;. The molecular weight excluding hydrogens is 679 g/mol. The second-order valence-corrected chi connectivity index (χ2v) is 17.0. The first kappa shape index (κ1) is 30.5. The van der Waals surface area contributed by atoms with Gasteiger partial charge in [-0.05, 0) is 31.4 Å². The zero-order valence-corrected chi connectivity index (χ0v) is 27.3. The van der Waals surface area contributed by atoms with Crippen LogP contribution >= 0.6 is 0 Å². The molecule has 1 radical (unpaired) electrons. The molecule has 0 unspecified atom stereocenters. The predicted molar refractivity (Wildman–Crippen MR) is 162 cm³/mol. The SMILES string of the molecule is CC(=O)/C=C(/C)O.CC(C)(C)c1cc(-c2nccc3oc4cc([Si](C)(C)C)ccc4c23)[c-]c2ccccc12.[Ir]. The average molecular weight is 715 g/mol. The fraction of sp³-hybridized carbons (Fsp3) is 0.273. The predicted octanol–water partition coefficient (Wildman–Crippen LogP) is 8.48. The van der Waals surface area contributed by atoms with Crippen molar-refractivity contribution in [1.29, 1.82) is 0 Å². The van der Waals surface area contributed by atoms with E-state index in [0.717, 1.165) is 38.6 Å². The van der Waals surface area contributed by atoms with E-state index in [-0.39, 0.29) is 37.1 Å². The molecule has 0 bridgehead atoms. The molecule has 0 aliphatic rings. The Morgan fingerprint density at radius 2 is 1.67 bits per heavy atom. The number of carbonyl (C=O) groups is 1. The van der Waals surface area contributed by atoms with Gasteiger partial charge in [0, 0.05) is 48.8 Å². The van der Waals surface area contributed by atoms with Crippen LogP contribution in [0.25, 0.3) is 44.0 Å². The Morgan fingerprint density at radius 1 is 0.974 bits per heavy atom. The zero-order chi connectivity index (χ0) is 27.8. The molecule has 3 aromatic carbocycles. The van der Waals surface area contributed by atoms with E-state index in [0.29, 0.717) is 0 Å². The van der Waals surface area contributed by atoms with Crippen LogP contribution in [0.15, 0.2) is 77.0 Å². The molecule has 0 saturated carbocycles. The van der Waals surface area contributed by atoms with Gasteiger partial charge < -0.3 is 9.52 Å². The number of pyridine rings is 1. The summed E-state index contributed by atoms with van der Waals surface area (Å²) < 4.78 is 6.30. The van der Waals surface area contributed by atoms with Gasteiger partial charge in [0.25, 0.3) is 0 Å². The van der Waals surface area contributed by atoms with Gasteiger partial charge >= 0.3 is 0 Å². The van der Waals surface area contributed by atoms with E-state index in [1.54, 1.807) is 0 Å². The molecule has 5 aromatic rings. The molecule has 0 atom stereocenters. The summed E-state index contributed by atoms with van der Waals surface area (Å²) in [4.78, 5) is 14.8. The molecule has 6 heteroatoms. The fourth-order valence-electron chi connectivity index (χ4n) is 4.66. The normalized spacial score (nSPS) is 12.3. The zero-order valence-electron chi connectivity index (χ0n) is 23.9. The van der Waals surface area contributed by atoms with Crippen molar-refractivity contribution >= 4 is 51.8 Å². The van der Waals surface area contributed by atoms with Crippen molar-refractivity contribution < 1.29 is 34.4 Å². The summed E-state index contributed by atoms with van der Waals surface area (Å²) in [7, 11) is -1.42. The largest absolute Gasteiger partial charge is 0.512 e. The average Bonchev–Trinajstić information content (AvgIpc) is 3.20. The van der Waals surface area contributed by atoms with E-state index in [4.69, 9.17) is 14.5 Å². The summed E-state index contributed by atoms with van der Waals surface area (Å²) in [5, 5.41) is 14.3. The molecule has 1 N–H and O–H groups in total. The number of carbonyl (C=O) groups excluding carboxylic acids is 1. The first-order valence-corrected chi connectivity index (χ1v) is 16.4. The van der Waals surface area contributed by atoms with Crippen LogP contribution in [0.5, 0.6) is 0 Å². The van der Waals surface area contributed by atoms with Crippen LogP contribution in [-0.4, -0.2) is 23.9 Å². The maximum atomic E-state index is 10.0. The first-order valence-electron chi connectivity index (χ1n) is 12.9. The number of fused-ring (bicyclic) bond motifs is 4.